The molecule has 1 aliphatic heterocycles. The van der Waals surface area contributed by atoms with Crippen molar-refractivity contribution in [2.24, 2.45) is 0 Å². The van der Waals surface area contributed by atoms with Gasteiger partial charge in [-0.2, -0.15) is 0 Å². The molecule has 0 aromatic heterocycles. The third-order valence-electron chi connectivity index (χ3n) is 25.2. The second-order valence-electron chi connectivity index (χ2n) is 36.7. The second kappa shape index (κ2) is 37.5. The minimum absolute atomic E-state index is 0. The van der Waals surface area contributed by atoms with E-state index in [2.05, 4.69) is 414 Å². The highest BCUT2D eigenvalue weighted by Crippen LogP contribution is 2.48. The number of anilines is 3. The first-order chi connectivity index (χ1) is 55.4. The SMILES string of the molecule is Cc1cc(C)cc(C(C)c2cc(C)cc(C(C)c3cc(C)cc(C)c3)c2NCCNc2c(C(C)c3cc(C)cc(C)c3)cc(C)cc2[C@@H](C)c2cc(C)cc(C)c2)c1.Cc1cc(C)cc(C(C)c2cc(C)cc([C@@H](C)c3cc(C)cc(C)c3)c2N2C=[N+](c3c(C(C)c4cc(C)cc(C)c4)cc(C)cc3C(C)c3cc(C)cc(C)c3)CC2)c1.[Cl-]. The van der Waals surface area contributed by atoms with Crippen LogP contribution in [0.2, 0.25) is 0 Å². The molecule has 13 rings (SSSR count). The van der Waals surface area contributed by atoms with Crippen LogP contribution in [0.3, 0.4) is 0 Å². The van der Waals surface area contributed by atoms with Crippen LogP contribution in [0.1, 0.15) is 303 Å². The van der Waals surface area contributed by atoms with Crippen molar-refractivity contribution in [3.63, 3.8) is 0 Å². The molecule has 0 radical (unpaired) electrons. The number of aryl methyl sites for hydroxylation is 20. The molecule has 0 fully saturated rings. The number of nitrogens with zero attached hydrogens (tertiary/aromatic N) is 2. The molecule has 5 heteroatoms. The smallest absolute Gasteiger partial charge is 0.244 e. The van der Waals surface area contributed by atoms with Crippen LogP contribution in [0.4, 0.5) is 22.7 Å². The normalized spacial score (nSPS) is 14.1. The number of rotatable bonds is 23. The summed E-state index contributed by atoms with van der Waals surface area (Å²) in [5.74, 6) is 1.79. The van der Waals surface area contributed by atoms with E-state index < -0.39 is 0 Å². The van der Waals surface area contributed by atoms with Crippen LogP contribution in [0.15, 0.2) is 194 Å². The standard InChI is InChI=1S/C57H67N2.C56H68N2.ClH/c1-34-17-35(2)22-48(21-34)44(11)52-29-42(9)30-53(45(12)49-23-36(3)18-37(4)24-49)56(52)58-15-16-59(33-58)57-54(46(13)50-25-38(5)19-39(6)26-50)31-43(10)32-55(57)47(14)51-27-40(7)20-41(8)28-51;1-33-17-34(2)22-47(21-33)43(11)51-29-41(9)30-52(44(12)48-23-35(3)18-36(4)24-48)55(51)57-15-16-58-56-53(45(13)49-25-37(5)19-38(6)26-49)31-42(10)32-54(56)46(14)50-27-39(7)20-40(8)28-50;/h17-33,44-47H,15-16H2,1-14H3;17-32,43-46,57-58H,15-16H2,1-14H3;1H/q+1;;/p-1/t44-,45?,46?,47?;43-,44?,45?,46?;/m00./s1. The lowest BCUT2D eigenvalue weighted by molar-refractivity contribution is -0.425. The molecule has 12 aromatic carbocycles. The average molecular weight is 1580 g/mol. The Hall–Kier alpha value is -10.0. The van der Waals surface area contributed by atoms with Crippen molar-refractivity contribution < 1.29 is 17.0 Å². The van der Waals surface area contributed by atoms with E-state index in [1.54, 1.807) is 0 Å². The lowest BCUT2D eigenvalue weighted by Gasteiger charge is -2.28. The Morgan fingerprint density at radius 2 is 0.390 bits per heavy atom. The fourth-order valence-corrected chi connectivity index (χ4v) is 19.8. The zero-order valence-corrected chi connectivity index (χ0v) is 77.5. The Balaban J connectivity index is 0.000000230. The highest BCUT2D eigenvalue weighted by molar-refractivity contribution is 5.84. The van der Waals surface area contributed by atoms with Gasteiger partial charge in [0.15, 0.2) is 0 Å². The number of nitrogens with one attached hydrogen (secondary N) is 2. The van der Waals surface area contributed by atoms with Crippen LogP contribution < -0.4 is 27.9 Å². The molecule has 0 bridgehead atoms. The average Bonchev–Trinajstić information content (AvgIpc) is 1.51. The maximum absolute atomic E-state index is 4.08. The molecule has 1 heterocycles. The quantitative estimate of drug-likeness (QED) is 0.0494. The zero-order valence-electron chi connectivity index (χ0n) is 76.8. The van der Waals surface area contributed by atoms with E-state index in [1.807, 2.05) is 0 Å². The Kier molecular flexibility index (Phi) is 28.2. The molecule has 0 amide bonds. The molecule has 8 atom stereocenters. The van der Waals surface area contributed by atoms with E-state index in [1.165, 1.54) is 223 Å². The lowest BCUT2D eigenvalue weighted by Crippen LogP contribution is -3.00. The Morgan fingerprint density at radius 1 is 0.229 bits per heavy atom. The maximum atomic E-state index is 4.08. The largest absolute Gasteiger partial charge is 1.00 e. The highest BCUT2D eigenvalue weighted by atomic mass is 35.5. The van der Waals surface area contributed by atoms with Gasteiger partial charge in [-0.1, -0.05) is 361 Å². The summed E-state index contributed by atoms with van der Waals surface area (Å²) in [6, 6.07) is 75.9. The van der Waals surface area contributed by atoms with Crippen molar-refractivity contribution in [1.82, 2.24) is 0 Å². The van der Waals surface area contributed by atoms with Gasteiger partial charge in [-0.15, -0.1) is 0 Å². The molecule has 1 aliphatic rings. The van der Waals surface area contributed by atoms with E-state index in [0.717, 1.165) is 26.2 Å². The number of hydrogen-bond donors (Lipinski definition) is 2. The monoisotopic (exact) mass is 1580 g/mol. The van der Waals surface area contributed by atoms with Crippen molar-refractivity contribution in [2.45, 2.75) is 241 Å². The molecule has 4 nitrogen and oxygen atoms in total. The molecule has 6 unspecified atom stereocenters. The van der Waals surface area contributed by atoms with E-state index in [-0.39, 0.29) is 59.8 Å². The molecule has 0 saturated heterocycles. The first kappa shape index (κ1) is 88.8. The third-order valence-corrected chi connectivity index (χ3v) is 25.2. The van der Waals surface area contributed by atoms with Gasteiger partial charge in [0.1, 0.15) is 24.5 Å². The predicted octanol–water partition coefficient (Wildman–Crippen LogP) is 26.5. The summed E-state index contributed by atoms with van der Waals surface area (Å²) in [7, 11) is 0. The van der Waals surface area contributed by atoms with Crippen LogP contribution >= 0.6 is 0 Å². The maximum Gasteiger partial charge on any atom is 0.244 e. The molecule has 12 aromatic rings. The Bertz CT molecular complexity index is 5070. The predicted molar refractivity (Wildman–Crippen MR) is 507 cm³/mol. The Labute approximate surface area is 718 Å². The van der Waals surface area contributed by atoms with Gasteiger partial charge in [-0.05, 0) is 205 Å². The van der Waals surface area contributed by atoms with Gasteiger partial charge in [0.05, 0.1) is 0 Å². The highest BCUT2D eigenvalue weighted by Gasteiger charge is 2.36. The fourth-order valence-electron chi connectivity index (χ4n) is 19.8. The molecule has 2 N–H and O–H groups in total. The van der Waals surface area contributed by atoms with Gasteiger partial charge in [-0.3, -0.25) is 0 Å². The lowest BCUT2D eigenvalue weighted by atomic mass is 9.82. The van der Waals surface area contributed by atoms with Crippen LogP contribution in [0, 0.1) is 138 Å². The number of hydrogen-bond acceptors (Lipinski definition) is 3. The summed E-state index contributed by atoms with van der Waals surface area (Å²) < 4.78 is 2.61. The van der Waals surface area contributed by atoms with Crippen molar-refractivity contribution in [2.75, 3.05) is 41.7 Å². The molecular weight excluding hydrogens is 1450 g/mol. The van der Waals surface area contributed by atoms with E-state index in [9.17, 15) is 0 Å². The van der Waals surface area contributed by atoms with Gasteiger partial charge in [0.2, 0.25) is 6.34 Å². The van der Waals surface area contributed by atoms with Gasteiger partial charge >= 0.3 is 0 Å². The zero-order chi connectivity index (χ0) is 84.4. The summed E-state index contributed by atoms with van der Waals surface area (Å²) >= 11 is 0. The molecule has 0 spiro atoms. The topological polar surface area (TPSA) is 30.3 Å². The summed E-state index contributed by atoms with van der Waals surface area (Å²) in [6.07, 6.45) is 2.47. The van der Waals surface area contributed by atoms with Crippen molar-refractivity contribution in [1.29, 1.82) is 0 Å². The first-order valence-corrected chi connectivity index (χ1v) is 43.5. The summed E-state index contributed by atoms with van der Waals surface area (Å²) in [5.41, 5.74) is 53.5. The minimum atomic E-state index is 0. The van der Waals surface area contributed by atoms with E-state index in [4.69, 9.17) is 0 Å². The third kappa shape index (κ3) is 20.6. The van der Waals surface area contributed by atoms with Gasteiger partial charge in [0.25, 0.3) is 0 Å². The molecule has 118 heavy (non-hydrogen) atoms. The molecule has 0 aliphatic carbocycles. The summed E-state index contributed by atoms with van der Waals surface area (Å²) in [4.78, 5) is 2.61. The van der Waals surface area contributed by atoms with Crippen molar-refractivity contribution >= 4 is 29.1 Å². The summed E-state index contributed by atoms with van der Waals surface area (Å²) in [6.45, 7) is 67.2. The van der Waals surface area contributed by atoms with Crippen LogP contribution in [-0.2, 0) is 0 Å². The van der Waals surface area contributed by atoms with Gasteiger partial charge in [-0.25, -0.2) is 9.48 Å². The summed E-state index contributed by atoms with van der Waals surface area (Å²) in [5, 5.41) is 8.16. The van der Waals surface area contributed by atoms with Crippen molar-refractivity contribution in [3.05, 3.63) is 394 Å². The molecule has 0 saturated carbocycles. The molecular formula is C113H135ClN4. The fraction of sp³-hybridized carbons (Fsp3) is 0.354. The van der Waals surface area contributed by atoms with Crippen molar-refractivity contribution in [3.8, 4) is 0 Å². The molecule has 614 valence electrons. The van der Waals surface area contributed by atoms with Crippen LogP contribution in [-0.4, -0.2) is 37.1 Å². The second-order valence-corrected chi connectivity index (χ2v) is 36.7. The van der Waals surface area contributed by atoms with Crippen LogP contribution in [0.5, 0.6) is 0 Å². The number of benzene rings is 12. The minimum Gasteiger partial charge on any atom is -1.00 e. The first-order valence-electron chi connectivity index (χ1n) is 43.5. The van der Waals surface area contributed by atoms with Crippen LogP contribution in [0.25, 0.3) is 0 Å². The number of halogens is 1. The van der Waals surface area contributed by atoms with E-state index >= 15 is 0 Å². The van der Waals surface area contributed by atoms with Gasteiger partial charge in [0, 0.05) is 94.1 Å². The van der Waals surface area contributed by atoms with E-state index in [0.29, 0.717) is 0 Å². The Morgan fingerprint density at radius 3 is 0.593 bits per heavy atom. The van der Waals surface area contributed by atoms with Gasteiger partial charge < -0.3 is 23.0 Å².